The Morgan fingerprint density at radius 1 is 1.22 bits per heavy atom. The van der Waals surface area contributed by atoms with E-state index < -0.39 is 0 Å². The number of piperidine rings is 1. The molecule has 0 bridgehead atoms. The van der Waals surface area contributed by atoms with Crippen molar-refractivity contribution in [1.82, 2.24) is 20.5 Å². The minimum atomic E-state index is 0. The van der Waals surface area contributed by atoms with Crippen LogP contribution in [0.4, 0.5) is 0 Å². The standard InChI is InChI=1S/C21H33N5.HI/c1-3-22-21(23-11-6-12-26-13-9-17(2)10-14-26)24-16-19-15-18-7-4-5-8-20(18)25-19;/h4-5,7-8,15,17,25H,3,6,9-14,16H2,1-2H3,(H2,22,23,24);1H. The molecule has 1 fully saturated rings. The molecular formula is C21H34IN5. The van der Waals surface area contributed by atoms with E-state index in [4.69, 9.17) is 4.99 Å². The van der Waals surface area contributed by atoms with Gasteiger partial charge in [0.2, 0.25) is 0 Å². The summed E-state index contributed by atoms with van der Waals surface area (Å²) in [5.74, 6) is 1.81. The van der Waals surface area contributed by atoms with Crippen molar-refractivity contribution in [3.8, 4) is 0 Å². The van der Waals surface area contributed by atoms with Crippen LogP contribution in [0.15, 0.2) is 35.3 Å². The molecule has 0 unspecified atom stereocenters. The van der Waals surface area contributed by atoms with E-state index in [9.17, 15) is 0 Å². The zero-order chi connectivity index (χ0) is 18.2. The molecule has 0 spiro atoms. The lowest BCUT2D eigenvalue weighted by molar-refractivity contribution is 0.191. The van der Waals surface area contributed by atoms with E-state index in [1.165, 1.54) is 43.4 Å². The number of fused-ring (bicyclic) bond motifs is 1. The Bertz CT molecular complexity index is 670. The van der Waals surface area contributed by atoms with Crippen molar-refractivity contribution in [2.75, 3.05) is 32.7 Å². The molecule has 0 amide bonds. The van der Waals surface area contributed by atoms with Crippen LogP contribution < -0.4 is 10.6 Å². The average molecular weight is 483 g/mol. The quantitative estimate of drug-likeness (QED) is 0.242. The summed E-state index contributed by atoms with van der Waals surface area (Å²) in [6.45, 7) is 10.7. The Morgan fingerprint density at radius 2 is 2.00 bits per heavy atom. The summed E-state index contributed by atoms with van der Waals surface area (Å²) in [5, 5.41) is 8.06. The third-order valence-electron chi connectivity index (χ3n) is 5.16. The number of aromatic nitrogens is 1. The molecule has 1 aliphatic rings. The Hall–Kier alpha value is -1.28. The Kier molecular flexibility index (Phi) is 9.41. The third kappa shape index (κ3) is 6.99. The fourth-order valence-corrected chi connectivity index (χ4v) is 3.52. The number of aliphatic imine (C=N–C) groups is 1. The van der Waals surface area contributed by atoms with Crippen LogP contribution in [0, 0.1) is 5.92 Å². The molecule has 0 aliphatic carbocycles. The largest absolute Gasteiger partial charge is 0.357 e. The lowest BCUT2D eigenvalue weighted by Crippen LogP contribution is -2.39. The number of para-hydroxylation sites is 1. The number of rotatable bonds is 7. The smallest absolute Gasteiger partial charge is 0.191 e. The van der Waals surface area contributed by atoms with Gasteiger partial charge in [0, 0.05) is 24.3 Å². The molecule has 0 saturated carbocycles. The first kappa shape index (κ1) is 22.0. The minimum absolute atomic E-state index is 0. The highest BCUT2D eigenvalue weighted by molar-refractivity contribution is 14.0. The predicted octanol–water partition coefficient (Wildman–Crippen LogP) is 3.96. The van der Waals surface area contributed by atoms with E-state index >= 15 is 0 Å². The van der Waals surface area contributed by atoms with Crippen LogP contribution in [-0.4, -0.2) is 48.6 Å². The molecule has 2 aromatic rings. The number of nitrogens with one attached hydrogen (secondary N) is 3. The van der Waals surface area contributed by atoms with Crippen molar-refractivity contribution in [2.45, 2.75) is 39.7 Å². The van der Waals surface area contributed by atoms with Gasteiger partial charge < -0.3 is 20.5 Å². The van der Waals surface area contributed by atoms with Crippen LogP contribution in [0.3, 0.4) is 0 Å². The maximum atomic E-state index is 4.72. The fraction of sp³-hybridized carbons (Fsp3) is 0.571. The first-order valence-corrected chi connectivity index (χ1v) is 10.1. The summed E-state index contributed by atoms with van der Waals surface area (Å²) in [4.78, 5) is 10.8. The molecule has 6 heteroatoms. The zero-order valence-corrected chi connectivity index (χ0v) is 19.0. The highest BCUT2D eigenvalue weighted by Crippen LogP contribution is 2.16. The Balaban J connectivity index is 0.00000261. The van der Waals surface area contributed by atoms with E-state index in [1.54, 1.807) is 0 Å². The number of aromatic amines is 1. The molecule has 1 aliphatic heterocycles. The highest BCUT2D eigenvalue weighted by Gasteiger charge is 2.14. The van der Waals surface area contributed by atoms with E-state index in [0.29, 0.717) is 6.54 Å². The lowest BCUT2D eigenvalue weighted by Gasteiger charge is -2.30. The van der Waals surface area contributed by atoms with Crippen molar-refractivity contribution in [1.29, 1.82) is 0 Å². The second kappa shape index (κ2) is 11.5. The molecule has 3 rings (SSSR count). The van der Waals surface area contributed by atoms with E-state index in [0.717, 1.165) is 37.1 Å². The van der Waals surface area contributed by atoms with Gasteiger partial charge in [-0.1, -0.05) is 25.1 Å². The van der Waals surface area contributed by atoms with E-state index in [2.05, 4.69) is 64.7 Å². The summed E-state index contributed by atoms with van der Waals surface area (Å²) >= 11 is 0. The third-order valence-corrected chi connectivity index (χ3v) is 5.16. The van der Waals surface area contributed by atoms with Crippen molar-refractivity contribution >= 4 is 40.8 Å². The Labute approximate surface area is 180 Å². The number of likely N-dealkylation sites (tertiary alicyclic amines) is 1. The maximum Gasteiger partial charge on any atom is 0.191 e. The monoisotopic (exact) mass is 483 g/mol. The van der Waals surface area contributed by atoms with Gasteiger partial charge in [0.15, 0.2) is 5.96 Å². The summed E-state index contributed by atoms with van der Waals surface area (Å²) in [6.07, 6.45) is 3.86. The number of hydrogen-bond acceptors (Lipinski definition) is 2. The van der Waals surface area contributed by atoms with Crippen LogP contribution >= 0.6 is 24.0 Å². The predicted molar refractivity (Wildman–Crippen MR) is 126 cm³/mol. The van der Waals surface area contributed by atoms with Crippen LogP contribution in [0.5, 0.6) is 0 Å². The van der Waals surface area contributed by atoms with Gasteiger partial charge in [-0.2, -0.15) is 0 Å². The van der Waals surface area contributed by atoms with Crippen LogP contribution in [0.25, 0.3) is 10.9 Å². The number of hydrogen-bond donors (Lipinski definition) is 3. The molecule has 1 aromatic heterocycles. The van der Waals surface area contributed by atoms with Gasteiger partial charge in [0.05, 0.1) is 6.54 Å². The second-order valence-electron chi connectivity index (χ2n) is 7.38. The van der Waals surface area contributed by atoms with Crippen molar-refractivity contribution in [3.63, 3.8) is 0 Å². The minimum Gasteiger partial charge on any atom is -0.357 e. The lowest BCUT2D eigenvalue weighted by atomic mass is 9.99. The average Bonchev–Trinajstić information content (AvgIpc) is 3.07. The van der Waals surface area contributed by atoms with Gasteiger partial charge in [0.25, 0.3) is 0 Å². The molecule has 2 heterocycles. The molecule has 1 aromatic carbocycles. The highest BCUT2D eigenvalue weighted by atomic mass is 127. The van der Waals surface area contributed by atoms with Gasteiger partial charge in [-0.3, -0.25) is 0 Å². The summed E-state index contributed by atoms with van der Waals surface area (Å²) < 4.78 is 0. The van der Waals surface area contributed by atoms with Gasteiger partial charge in [-0.05, 0) is 69.3 Å². The molecule has 150 valence electrons. The SMILES string of the molecule is CCNC(=NCc1cc2ccccc2[nH]1)NCCCN1CCC(C)CC1.I. The summed E-state index contributed by atoms with van der Waals surface area (Å²) in [7, 11) is 0. The molecule has 27 heavy (non-hydrogen) atoms. The second-order valence-corrected chi connectivity index (χ2v) is 7.38. The number of guanidine groups is 1. The molecule has 0 radical (unpaired) electrons. The number of halogens is 1. The molecular weight excluding hydrogens is 449 g/mol. The first-order chi connectivity index (χ1) is 12.7. The maximum absolute atomic E-state index is 4.72. The molecule has 3 N–H and O–H groups in total. The Morgan fingerprint density at radius 3 is 2.74 bits per heavy atom. The van der Waals surface area contributed by atoms with Gasteiger partial charge in [-0.15, -0.1) is 24.0 Å². The van der Waals surface area contributed by atoms with Gasteiger partial charge in [-0.25, -0.2) is 4.99 Å². The molecule has 0 atom stereocenters. The van der Waals surface area contributed by atoms with Crippen LogP contribution in [-0.2, 0) is 6.54 Å². The summed E-state index contributed by atoms with van der Waals surface area (Å²) in [6, 6.07) is 10.5. The molecule has 5 nitrogen and oxygen atoms in total. The van der Waals surface area contributed by atoms with Crippen molar-refractivity contribution < 1.29 is 0 Å². The number of H-pyrrole nitrogens is 1. The van der Waals surface area contributed by atoms with Gasteiger partial charge >= 0.3 is 0 Å². The van der Waals surface area contributed by atoms with Crippen molar-refractivity contribution in [3.05, 3.63) is 36.0 Å². The molecule has 1 saturated heterocycles. The first-order valence-electron chi connectivity index (χ1n) is 10.1. The van der Waals surface area contributed by atoms with Gasteiger partial charge in [0.1, 0.15) is 0 Å². The summed E-state index contributed by atoms with van der Waals surface area (Å²) in [5.41, 5.74) is 2.32. The number of benzene rings is 1. The topological polar surface area (TPSA) is 55.5 Å². The van der Waals surface area contributed by atoms with Crippen LogP contribution in [0.2, 0.25) is 0 Å². The normalized spacial score (nSPS) is 16.3. The number of nitrogens with zero attached hydrogens (tertiary/aromatic N) is 2. The van der Waals surface area contributed by atoms with E-state index in [1.807, 2.05) is 0 Å². The van der Waals surface area contributed by atoms with Crippen LogP contribution in [0.1, 0.15) is 38.8 Å². The van der Waals surface area contributed by atoms with Crippen molar-refractivity contribution in [2.24, 2.45) is 10.9 Å². The fourth-order valence-electron chi connectivity index (χ4n) is 3.52. The van der Waals surface area contributed by atoms with E-state index in [-0.39, 0.29) is 24.0 Å². The zero-order valence-electron chi connectivity index (χ0n) is 16.6.